The number of methoxy groups -OCH3 is 1. The molecule has 0 atom stereocenters. The number of benzene rings is 1. The van der Waals surface area contributed by atoms with Crippen LogP contribution in [0.3, 0.4) is 0 Å². The summed E-state index contributed by atoms with van der Waals surface area (Å²) < 4.78 is 5.07. The van der Waals surface area contributed by atoms with Crippen molar-refractivity contribution < 1.29 is 9.53 Å². The van der Waals surface area contributed by atoms with Crippen molar-refractivity contribution in [2.75, 3.05) is 7.11 Å². The molecule has 0 saturated heterocycles. The minimum absolute atomic E-state index is 0.430. The average molecular weight is 281 g/mol. The van der Waals surface area contributed by atoms with Crippen molar-refractivity contribution >= 4 is 23.2 Å². The Kier molecular flexibility index (Phi) is 5.57. The highest BCUT2D eigenvalue weighted by molar-refractivity contribution is 6.32. The van der Waals surface area contributed by atoms with E-state index in [4.69, 9.17) is 22.1 Å². The fourth-order valence-corrected chi connectivity index (χ4v) is 1.91. The van der Waals surface area contributed by atoms with Crippen molar-refractivity contribution in [1.29, 1.82) is 0 Å². The van der Waals surface area contributed by atoms with Crippen LogP contribution in [-0.2, 0) is 11.3 Å². The summed E-state index contributed by atoms with van der Waals surface area (Å²) in [6, 6.07) is 5.45. The molecule has 0 aromatic heterocycles. The molecule has 0 spiro atoms. The summed E-state index contributed by atoms with van der Waals surface area (Å²) in [5, 5.41) is 0.536. The Morgan fingerprint density at radius 3 is 2.68 bits per heavy atom. The van der Waals surface area contributed by atoms with Crippen LogP contribution in [0, 0.1) is 0 Å². The fraction of sp³-hybridized carbons (Fsp3) is 0.286. The van der Waals surface area contributed by atoms with Gasteiger partial charge in [0.05, 0.1) is 24.3 Å². The highest BCUT2D eigenvalue weighted by atomic mass is 35.5. The number of nitrogens with two attached hydrogens (primary N) is 1. The number of aliphatic imine (C=N–C) groups is 1. The summed E-state index contributed by atoms with van der Waals surface area (Å²) >= 11 is 6.03. The van der Waals surface area contributed by atoms with Gasteiger partial charge in [-0.25, -0.2) is 0 Å². The Morgan fingerprint density at radius 1 is 1.53 bits per heavy atom. The van der Waals surface area contributed by atoms with Crippen LogP contribution in [0.5, 0.6) is 5.75 Å². The number of rotatable bonds is 5. The number of amides is 1. The van der Waals surface area contributed by atoms with E-state index < -0.39 is 5.91 Å². The first-order valence-electron chi connectivity index (χ1n) is 5.79. The lowest BCUT2D eigenvalue weighted by Gasteiger charge is -2.06. The van der Waals surface area contributed by atoms with Crippen molar-refractivity contribution in [2.24, 2.45) is 10.7 Å². The summed E-state index contributed by atoms with van der Waals surface area (Å²) in [5.74, 6) is 0.147. The largest absolute Gasteiger partial charge is 0.495 e. The van der Waals surface area contributed by atoms with Gasteiger partial charge in [-0.2, -0.15) is 0 Å². The topological polar surface area (TPSA) is 64.7 Å². The van der Waals surface area contributed by atoms with E-state index in [1.807, 2.05) is 6.07 Å². The molecule has 102 valence electrons. The summed E-state index contributed by atoms with van der Waals surface area (Å²) in [5.41, 5.74) is 7.23. The Bertz CT molecular complexity index is 536. The van der Waals surface area contributed by atoms with Gasteiger partial charge in [0.25, 0.3) is 0 Å². The molecule has 0 heterocycles. The van der Waals surface area contributed by atoms with E-state index in [0.717, 1.165) is 5.56 Å². The molecule has 1 amide bonds. The second-order valence-electron chi connectivity index (χ2n) is 3.94. The van der Waals surface area contributed by atoms with Gasteiger partial charge in [-0.15, -0.1) is 0 Å². The average Bonchev–Trinajstić information content (AvgIpc) is 2.37. The van der Waals surface area contributed by atoms with Gasteiger partial charge in [0, 0.05) is 5.71 Å². The fourth-order valence-electron chi connectivity index (χ4n) is 1.63. The van der Waals surface area contributed by atoms with Crippen LogP contribution >= 0.6 is 11.6 Å². The lowest BCUT2D eigenvalue weighted by Crippen LogP contribution is -2.19. The molecule has 0 saturated carbocycles. The third kappa shape index (κ3) is 4.10. The molecule has 5 heteroatoms. The second-order valence-corrected chi connectivity index (χ2v) is 4.34. The second kappa shape index (κ2) is 6.95. The molecular formula is C14H17ClN2O2. The van der Waals surface area contributed by atoms with Gasteiger partial charge in [-0.1, -0.05) is 23.7 Å². The van der Waals surface area contributed by atoms with E-state index in [0.29, 0.717) is 28.6 Å². The number of carbonyl (C=O) groups is 1. The molecule has 0 radical (unpaired) electrons. The molecule has 0 aliphatic rings. The zero-order valence-corrected chi connectivity index (χ0v) is 12.0. The van der Waals surface area contributed by atoms with Crippen LogP contribution in [0.1, 0.15) is 19.4 Å². The molecule has 0 aliphatic carbocycles. The molecule has 1 aromatic carbocycles. The Morgan fingerprint density at radius 2 is 2.21 bits per heavy atom. The summed E-state index contributed by atoms with van der Waals surface area (Å²) in [4.78, 5) is 15.5. The number of ether oxygens (including phenoxy) is 1. The molecule has 1 rings (SSSR count). The number of halogens is 1. The third-order valence-electron chi connectivity index (χ3n) is 2.66. The normalized spacial score (nSPS) is 12.4. The molecule has 0 fully saturated rings. The number of carbonyl (C=O) groups excluding carboxylic acids is 1. The summed E-state index contributed by atoms with van der Waals surface area (Å²) in [6.07, 6.45) is 1.65. The van der Waals surface area contributed by atoms with Crippen LogP contribution in [0.4, 0.5) is 0 Å². The highest BCUT2D eigenvalue weighted by Gasteiger charge is 2.07. The van der Waals surface area contributed by atoms with E-state index >= 15 is 0 Å². The predicted molar refractivity (Wildman–Crippen MR) is 77.8 cm³/mol. The zero-order chi connectivity index (χ0) is 14.4. The molecule has 4 nitrogen and oxygen atoms in total. The molecule has 0 aliphatic heterocycles. The van der Waals surface area contributed by atoms with E-state index in [1.54, 1.807) is 39.2 Å². The third-order valence-corrected chi connectivity index (χ3v) is 2.95. The minimum atomic E-state index is -0.475. The monoisotopic (exact) mass is 280 g/mol. The number of allylic oxidation sites excluding steroid dienone is 1. The van der Waals surface area contributed by atoms with Gasteiger partial charge in [-0.05, 0) is 31.5 Å². The molecule has 0 unspecified atom stereocenters. The molecule has 0 bridgehead atoms. The number of hydrogen-bond acceptors (Lipinski definition) is 3. The van der Waals surface area contributed by atoms with Gasteiger partial charge in [0.1, 0.15) is 5.75 Å². The molecule has 2 N–H and O–H groups in total. The molecular weight excluding hydrogens is 264 g/mol. The van der Waals surface area contributed by atoms with Crippen molar-refractivity contribution in [3.05, 3.63) is 40.4 Å². The van der Waals surface area contributed by atoms with Crippen LogP contribution in [0.15, 0.2) is 34.8 Å². The van der Waals surface area contributed by atoms with Crippen molar-refractivity contribution in [3.63, 3.8) is 0 Å². The quantitative estimate of drug-likeness (QED) is 0.666. The van der Waals surface area contributed by atoms with Crippen molar-refractivity contribution in [2.45, 2.75) is 20.4 Å². The van der Waals surface area contributed by atoms with Crippen LogP contribution in [0.25, 0.3) is 0 Å². The van der Waals surface area contributed by atoms with Gasteiger partial charge in [0.2, 0.25) is 5.91 Å². The lowest BCUT2D eigenvalue weighted by molar-refractivity contribution is -0.114. The van der Waals surface area contributed by atoms with Crippen LogP contribution in [-0.4, -0.2) is 18.7 Å². The zero-order valence-electron chi connectivity index (χ0n) is 11.2. The molecule has 19 heavy (non-hydrogen) atoms. The lowest BCUT2D eigenvalue weighted by atomic mass is 10.1. The number of hydrogen-bond donors (Lipinski definition) is 1. The van der Waals surface area contributed by atoms with E-state index in [2.05, 4.69) is 4.99 Å². The van der Waals surface area contributed by atoms with Crippen molar-refractivity contribution in [1.82, 2.24) is 0 Å². The van der Waals surface area contributed by atoms with Crippen molar-refractivity contribution in [3.8, 4) is 5.75 Å². The van der Waals surface area contributed by atoms with E-state index in [1.165, 1.54) is 0 Å². The summed E-state index contributed by atoms with van der Waals surface area (Å²) in [7, 11) is 1.56. The maximum atomic E-state index is 11.2. The Hall–Kier alpha value is -1.81. The Balaban J connectivity index is 2.86. The van der Waals surface area contributed by atoms with Gasteiger partial charge < -0.3 is 10.5 Å². The predicted octanol–water partition coefficient (Wildman–Crippen LogP) is 2.74. The summed E-state index contributed by atoms with van der Waals surface area (Å²) in [6.45, 7) is 3.94. The van der Waals surface area contributed by atoms with Gasteiger partial charge >= 0.3 is 0 Å². The van der Waals surface area contributed by atoms with Gasteiger partial charge in [0.15, 0.2) is 0 Å². The maximum absolute atomic E-state index is 11.2. The first-order chi connectivity index (χ1) is 8.99. The van der Waals surface area contributed by atoms with Crippen LogP contribution < -0.4 is 10.5 Å². The molecule has 1 aromatic rings. The minimum Gasteiger partial charge on any atom is -0.495 e. The van der Waals surface area contributed by atoms with Crippen LogP contribution in [0.2, 0.25) is 5.02 Å². The highest BCUT2D eigenvalue weighted by Crippen LogP contribution is 2.25. The maximum Gasteiger partial charge on any atom is 0.250 e. The number of nitrogens with zero attached hydrogens (tertiary/aromatic N) is 1. The standard InChI is InChI=1S/C14H17ClN2O2/c1-4-11(14(16)18)9(2)17-8-10-5-6-13(19-3)12(15)7-10/h4-7H,8H2,1-3H3,(H2,16,18)/b11-4+,17-9?. The Labute approximate surface area is 117 Å². The first kappa shape index (κ1) is 15.2. The van der Waals surface area contributed by atoms with E-state index in [9.17, 15) is 4.79 Å². The van der Waals surface area contributed by atoms with E-state index in [-0.39, 0.29) is 0 Å². The number of primary amides is 1. The SMILES string of the molecule is C/C=C(/C(N)=O)C(C)=NCc1ccc(OC)c(Cl)c1. The first-order valence-corrected chi connectivity index (χ1v) is 6.17. The smallest absolute Gasteiger partial charge is 0.250 e. The van der Waals surface area contributed by atoms with Gasteiger partial charge in [-0.3, -0.25) is 9.79 Å².